The van der Waals surface area contributed by atoms with Gasteiger partial charge in [-0.1, -0.05) is 0 Å². The van der Waals surface area contributed by atoms with Crippen molar-refractivity contribution in [3.63, 3.8) is 0 Å². The SMILES string of the molecule is CC(=O)Nc1ccc(C(=O)O)cc1.[Pb]. The van der Waals surface area contributed by atoms with Gasteiger partial charge in [-0.2, -0.15) is 0 Å². The van der Waals surface area contributed by atoms with Crippen molar-refractivity contribution in [1.82, 2.24) is 0 Å². The van der Waals surface area contributed by atoms with Crippen LogP contribution in [0.25, 0.3) is 0 Å². The Morgan fingerprint density at radius 3 is 2.07 bits per heavy atom. The number of carbonyl (C=O) groups excluding carboxylic acids is 1. The van der Waals surface area contributed by atoms with Gasteiger partial charge in [0, 0.05) is 39.9 Å². The Morgan fingerprint density at radius 1 is 1.21 bits per heavy atom. The number of anilines is 1. The van der Waals surface area contributed by atoms with Crippen molar-refractivity contribution in [2.45, 2.75) is 6.92 Å². The fourth-order valence-corrected chi connectivity index (χ4v) is 0.899. The second kappa shape index (κ2) is 5.74. The predicted molar refractivity (Wildman–Crippen MR) is 53.5 cm³/mol. The number of amides is 1. The van der Waals surface area contributed by atoms with Gasteiger partial charge in [0.15, 0.2) is 0 Å². The summed E-state index contributed by atoms with van der Waals surface area (Å²) in [6, 6.07) is 5.97. The molecule has 1 rings (SSSR count). The number of carbonyl (C=O) groups is 2. The van der Waals surface area contributed by atoms with Gasteiger partial charge >= 0.3 is 5.97 Å². The summed E-state index contributed by atoms with van der Waals surface area (Å²) in [5.41, 5.74) is 0.798. The minimum Gasteiger partial charge on any atom is -0.478 e. The van der Waals surface area contributed by atoms with Crippen LogP contribution in [0.2, 0.25) is 0 Å². The summed E-state index contributed by atoms with van der Waals surface area (Å²) < 4.78 is 0. The van der Waals surface area contributed by atoms with Crippen molar-refractivity contribution in [3.8, 4) is 0 Å². The van der Waals surface area contributed by atoms with Gasteiger partial charge < -0.3 is 10.4 Å². The van der Waals surface area contributed by atoms with Crippen molar-refractivity contribution in [1.29, 1.82) is 0 Å². The molecule has 0 spiro atoms. The molecule has 5 heteroatoms. The molecular formula is C9H9NO3Pb. The molecule has 0 atom stereocenters. The molecule has 1 amide bonds. The maximum Gasteiger partial charge on any atom is 0.335 e. The van der Waals surface area contributed by atoms with E-state index in [4.69, 9.17) is 5.11 Å². The monoisotopic (exact) mass is 387 g/mol. The number of rotatable bonds is 2. The van der Waals surface area contributed by atoms with E-state index in [1.165, 1.54) is 19.1 Å². The van der Waals surface area contributed by atoms with Crippen LogP contribution in [0.5, 0.6) is 0 Å². The zero-order valence-electron chi connectivity index (χ0n) is 7.57. The Balaban J connectivity index is 0.00000169. The minimum atomic E-state index is -0.977. The summed E-state index contributed by atoms with van der Waals surface area (Å²) >= 11 is 0. The summed E-state index contributed by atoms with van der Waals surface area (Å²) in [6.07, 6.45) is 0. The number of carboxylic acids is 1. The molecule has 4 radical (unpaired) electrons. The molecule has 0 aromatic heterocycles. The Labute approximate surface area is 101 Å². The van der Waals surface area contributed by atoms with Crippen LogP contribution < -0.4 is 5.32 Å². The number of hydrogen-bond acceptors (Lipinski definition) is 2. The molecule has 2 N–H and O–H groups in total. The smallest absolute Gasteiger partial charge is 0.335 e. The number of aromatic carboxylic acids is 1. The Hall–Kier alpha value is -0.918. The van der Waals surface area contributed by atoms with Gasteiger partial charge in [0.25, 0.3) is 0 Å². The molecule has 72 valence electrons. The van der Waals surface area contributed by atoms with Crippen LogP contribution in [-0.2, 0) is 4.79 Å². The average molecular weight is 386 g/mol. The predicted octanol–water partition coefficient (Wildman–Crippen LogP) is 0.962. The number of nitrogens with one attached hydrogen (secondary N) is 1. The van der Waals surface area contributed by atoms with Crippen LogP contribution in [-0.4, -0.2) is 44.3 Å². The first-order chi connectivity index (χ1) is 6.09. The molecule has 4 nitrogen and oxygen atoms in total. The van der Waals surface area contributed by atoms with Crippen LogP contribution in [0.1, 0.15) is 17.3 Å². The van der Waals surface area contributed by atoms with E-state index in [9.17, 15) is 9.59 Å². The largest absolute Gasteiger partial charge is 0.478 e. The van der Waals surface area contributed by atoms with Gasteiger partial charge in [-0.3, -0.25) is 4.79 Å². The summed E-state index contributed by atoms with van der Waals surface area (Å²) in [4.78, 5) is 21.1. The van der Waals surface area contributed by atoms with E-state index in [0.29, 0.717) is 5.69 Å². The third-order valence-corrected chi connectivity index (χ3v) is 1.45. The van der Waals surface area contributed by atoms with Gasteiger partial charge in [-0.25, -0.2) is 4.79 Å². The number of hydrogen-bond donors (Lipinski definition) is 2. The van der Waals surface area contributed by atoms with E-state index in [2.05, 4.69) is 5.32 Å². The van der Waals surface area contributed by atoms with Crippen LogP contribution in [0, 0.1) is 0 Å². The zero-order chi connectivity index (χ0) is 9.84. The first-order valence-corrected chi connectivity index (χ1v) is 3.70. The maximum absolute atomic E-state index is 10.6. The molecule has 0 saturated heterocycles. The van der Waals surface area contributed by atoms with Gasteiger partial charge in [0.2, 0.25) is 5.91 Å². The first kappa shape index (κ1) is 13.1. The van der Waals surface area contributed by atoms with Crippen LogP contribution >= 0.6 is 0 Å². The van der Waals surface area contributed by atoms with E-state index in [-0.39, 0.29) is 38.8 Å². The number of carboxylic acid groups (broad SMARTS) is 1. The second-order valence-corrected chi connectivity index (χ2v) is 2.56. The van der Waals surface area contributed by atoms with Crippen LogP contribution in [0.4, 0.5) is 5.69 Å². The third-order valence-electron chi connectivity index (χ3n) is 1.45. The average Bonchev–Trinajstić information content (AvgIpc) is 2.04. The molecule has 1 aromatic carbocycles. The zero-order valence-corrected chi connectivity index (χ0v) is 11.5. The molecule has 0 aliphatic carbocycles. The Bertz CT molecular complexity index is 334. The Morgan fingerprint density at radius 2 is 1.71 bits per heavy atom. The van der Waals surface area contributed by atoms with Crippen LogP contribution in [0.15, 0.2) is 24.3 Å². The van der Waals surface area contributed by atoms with Crippen molar-refractivity contribution >= 4 is 44.9 Å². The summed E-state index contributed by atoms with van der Waals surface area (Å²) in [7, 11) is 0. The van der Waals surface area contributed by atoms with E-state index < -0.39 is 5.97 Å². The molecule has 14 heavy (non-hydrogen) atoms. The van der Waals surface area contributed by atoms with Crippen molar-refractivity contribution in [2.75, 3.05) is 5.32 Å². The van der Waals surface area contributed by atoms with Gasteiger partial charge in [-0.05, 0) is 24.3 Å². The van der Waals surface area contributed by atoms with E-state index in [0.717, 1.165) is 0 Å². The quantitative estimate of drug-likeness (QED) is 0.745. The van der Waals surface area contributed by atoms with Crippen LogP contribution in [0.3, 0.4) is 0 Å². The molecule has 0 saturated carbocycles. The van der Waals surface area contributed by atoms with Gasteiger partial charge in [0.1, 0.15) is 0 Å². The topological polar surface area (TPSA) is 66.4 Å². The second-order valence-electron chi connectivity index (χ2n) is 2.56. The molecule has 1 aromatic rings. The molecule has 0 bridgehead atoms. The van der Waals surface area contributed by atoms with Gasteiger partial charge in [0.05, 0.1) is 5.56 Å². The van der Waals surface area contributed by atoms with Crippen molar-refractivity contribution in [3.05, 3.63) is 29.8 Å². The van der Waals surface area contributed by atoms with Crippen molar-refractivity contribution < 1.29 is 14.7 Å². The maximum atomic E-state index is 10.6. The van der Waals surface area contributed by atoms with E-state index in [1.54, 1.807) is 12.1 Å². The standard InChI is InChI=1S/C9H9NO3.Pb/c1-6(11)10-8-4-2-7(3-5-8)9(12)13;/h2-5H,1H3,(H,10,11)(H,12,13);. The summed E-state index contributed by atoms with van der Waals surface area (Å²) in [6.45, 7) is 1.39. The Kier molecular flexibility index (Phi) is 5.36. The van der Waals surface area contributed by atoms with E-state index >= 15 is 0 Å². The molecule has 0 heterocycles. The first-order valence-electron chi connectivity index (χ1n) is 3.70. The summed E-state index contributed by atoms with van der Waals surface area (Å²) in [5.74, 6) is -1.16. The molecule has 0 aliphatic heterocycles. The van der Waals surface area contributed by atoms with Crippen molar-refractivity contribution in [2.24, 2.45) is 0 Å². The molecule has 0 unspecified atom stereocenters. The third kappa shape index (κ3) is 3.86. The molecular weight excluding hydrogens is 377 g/mol. The van der Waals surface area contributed by atoms with E-state index in [1.807, 2.05) is 0 Å². The normalized spacial score (nSPS) is 8.64. The van der Waals surface area contributed by atoms with Gasteiger partial charge in [-0.15, -0.1) is 0 Å². The minimum absolute atomic E-state index is 0. The number of benzene rings is 1. The fraction of sp³-hybridized carbons (Fsp3) is 0.111. The summed E-state index contributed by atoms with van der Waals surface area (Å²) in [5, 5.41) is 11.1. The fourth-order valence-electron chi connectivity index (χ4n) is 0.899. The molecule has 0 fully saturated rings. The molecule has 0 aliphatic rings.